The number of amides is 1. The van der Waals surface area contributed by atoms with E-state index in [9.17, 15) is 4.79 Å². The Morgan fingerprint density at radius 3 is 2.68 bits per heavy atom. The third-order valence-corrected chi connectivity index (χ3v) is 4.08. The lowest BCUT2D eigenvalue weighted by atomic mass is 10.1. The second-order valence-electron chi connectivity index (χ2n) is 5.72. The summed E-state index contributed by atoms with van der Waals surface area (Å²) in [6.07, 6.45) is 2.45. The van der Waals surface area contributed by atoms with Gasteiger partial charge >= 0.3 is 0 Å². The summed E-state index contributed by atoms with van der Waals surface area (Å²) in [4.78, 5) is 16.7. The lowest BCUT2D eigenvalue weighted by Crippen LogP contribution is -2.26. The molecule has 1 aromatic carbocycles. The van der Waals surface area contributed by atoms with Crippen LogP contribution in [0.3, 0.4) is 0 Å². The van der Waals surface area contributed by atoms with E-state index in [2.05, 4.69) is 10.3 Å². The number of aryl methyl sites for hydroxylation is 1. The summed E-state index contributed by atoms with van der Waals surface area (Å²) in [6.45, 7) is 2.49. The van der Waals surface area contributed by atoms with Crippen LogP contribution in [0.1, 0.15) is 21.7 Å². The van der Waals surface area contributed by atoms with Crippen LogP contribution in [-0.4, -0.2) is 36.1 Å². The van der Waals surface area contributed by atoms with Crippen LogP contribution >= 0.6 is 0 Å². The number of ether oxygens (including phenoxy) is 2. The minimum absolute atomic E-state index is 0.177. The van der Waals surface area contributed by atoms with Gasteiger partial charge in [0.25, 0.3) is 5.91 Å². The highest BCUT2D eigenvalue weighted by molar-refractivity contribution is 5.92. The number of methoxy groups -OCH3 is 2. The molecule has 0 aliphatic rings. The van der Waals surface area contributed by atoms with Crippen molar-refractivity contribution in [3.8, 4) is 11.5 Å². The number of carbonyl (C=O) groups is 1. The smallest absolute Gasteiger partial charge is 0.271 e. The monoisotopic (exact) mass is 339 g/mol. The molecule has 0 aliphatic carbocycles. The van der Waals surface area contributed by atoms with Gasteiger partial charge in [0.2, 0.25) is 0 Å². The standard InChI is InChI=1S/C19H21N3O3/c1-13-5-4-6-18-21-15(12-22(13)18)19(23)20-10-9-14-7-8-16(24-2)17(11-14)25-3/h4-8,11-12H,9-10H2,1-3H3,(H,20,23). The van der Waals surface area contributed by atoms with Gasteiger partial charge in [0.05, 0.1) is 14.2 Å². The van der Waals surface area contributed by atoms with Gasteiger partial charge in [0.1, 0.15) is 11.3 Å². The number of carbonyl (C=O) groups excluding carboxylic acids is 1. The number of pyridine rings is 1. The lowest BCUT2D eigenvalue weighted by Gasteiger charge is -2.09. The highest BCUT2D eigenvalue weighted by atomic mass is 16.5. The zero-order chi connectivity index (χ0) is 17.8. The van der Waals surface area contributed by atoms with Crippen molar-refractivity contribution in [2.24, 2.45) is 0 Å². The molecular formula is C19H21N3O3. The Labute approximate surface area is 146 Å². The van der Waals surface area contributed by atoms with Gasteiger partial charge < -0.3 is 19.2 Å². The molecule has 25 heavy (non-hydrogen) atoms. The summed E-state index contributed by atoms with van der Waals surface area (Å²) < 4.78 is 12.4. The third-order valence-electron chi connectivity index (χ3n) is 4.08. The Kier molecular flexibility index (Phi) is 4.88. The molecule has 0 aliphatic heterocycles. The summed E-state index contributed by atoms with van der Waals surface area (Å²) in [6, 6.07) is 11.5. The van der Waals surface area contributed by atoms with Gasteiger partial charge in [0.15, 0.2) is 11.5 Å². The van der Waals surface area contributed by atoms with Gasteiger partial charge in [-0.1, -0.05) is 12.1 Å². The van der Waals surface area contributed by atoms with Crippen molar-refractivity contribution in [1.82, 2.24) is 14.7 Å². The number of imidazole rings is 1. The molecule has 0 saturated heterocycles. The lowest BCUT2D eigenvalue weighted by molar-refractivity contribution is 0.0950. The first-order chi connectivity index (χ1) is 12.1. The van der Waals surface area contributed by atoms with Crippen LogP contribution in [0, 0.1) is 6.92 Å². The van der Waals surface area contributed by atoms with Gasteiger partial charge in [0, 0.05) is 18.4 Å². The fourth-order valence-electron chi connectivity index (χ4n) is 2.70. The first kappa shape index (κ1) is 16.8. The number of nitrogens with one attached hydrogen (secondary N) is 1. The summed E-state index contributed by atoms with van der Waals surface area (Å²) in [5, 5.41) is 2.91. The van der Waals surface area contributed by atoms with Gasteiger partial charge in [-0.25, -0.2) is 4.98 Å². The molecule has 6 heteroatoms. The van der Waals surface area contributed by atoms with Crippen molar-refractivity contribution >= 4 is 11.6 Å². The van der Waals surface area contributed by atoms with Crippen LogP contribution in [0.2, 0.25) is 0 Å². The zero-order valence-electron chi connectivity index (χ0n) is 14.6. The van der Waals surface area contributed by atoms with Crippen LogP contribution in [0.4, 0.5) is 0 Å². The number of hydrogen-bond donors (Lipinski definition) is 1. The molecule has 0 radical (unpaired) electrons. The average Bonchev–Trinajstić information content (AvgIpc) is 3.07. The van der Waals surface area contributed by atoms with Crippen LogP contribution < -0.4 is 14.8 Å². The van der Waals surface area contributed by atoms with E-state index in [1.165, 1.54) is 0 Å². The van der Waals surface area contributed by atoms with E-state index in [0.717, 1.165) is 16.9 Å². The SMILES string of the molecule is COc1ccc(CCNC(=O)c2cn3c(C)cccc3n2)cc1OC. The predicted octanol–water partition coefficient (Wildman–Crippen LogP) is 2.63. The molecule has 0 atom stereocenters. The molecule has 2 aromatic heterocycles. The maximum Gasteiger partial charge on any atom is 0.271 e. The minimum atomic E-state index is -0.177. The van der Waals surface area contributed by atoms with E-state index < -0.39 is 0 Å². The zero-order valence-corrected chi connectivity index (χ0v) is 14.6. The van der Waals surface area contributed by atoms with Crippen molar-refractivity contribution in [3.05, 3.63) is 59.5 Å². The normalized spacial score (nSPS) is 10.7. The molecule has 0 spiro atoms. The summed E-state index contributed by atoms with van der Waals surface area (Å²) in [7, 11) is 3.21. The molecule has 1 N–H and O–H groups in total. The van der Waals surface area contributed by atoms with Gasteiger partial charge in [-0.05, 0) is 43.2 Å². The Bertz CT molecular complexity index is 902. The van der Waals surface area contributed by atoms with E-state index in [0.29, 0.717) is 30.2 Å². The quantitative estimate of drug-likeness (QED) is 0.750. The fraction of sp³-hybridized carbons (Fsp3) is 0.263. The maximum atomic E-state index is 12.3. The number of fused-ring (bicyclic) bond motifs is 1. The number of rotatable bonds is 6. The van der Waals surface area contributed by atoms with Crippen LogP contribution in [-0.2, 0) is 6.42 Å². The van der Waals surface area contributed by atoms with Gasteiger partial charge in [-0.2, -0.15) is 0 Å². The molecule has 0 unspecified atom stereocenters. The predicted molar refractivity (Wildman–Crippen MR) is 95.5 cm³/mol. The second-order valence-corrected chi connectivity index (χ2v) is 5.72. The summed E-state index contributed by atoms with van der Waals surface area (Å²) in [5.41, 5.74) is 3.28. The van der Waals surface area contributed by atoms with E-state index in [-0.39, 0.29) is 5.91 Å². The Morgan fingerprint density at radius 1 is 1.16 bits per heavy atom. The van der Waals surface area contributed by atoms with E-state index in [4.69, 9.17) is 9.47 Å². The minimum Gasteiger partial charge on any atom is -0.493 e. The molecule has 0 fully saturated rings. The summed E-state index contributed by atoms with van der Waals surface area (Å²) in [5.74, 6) is 1.20. The first-order valence-corrected chi connectivity index (χ1v) is 8.06. The molecule has 3 rings (SSSR count). The van der Waals surface area contributed by atoms with E-state index in [1.54, 1.807) is 20.4 Å². The largest absolute Gasteiger partial charge is 0.493 e. The summed E-state index contributed by atoms with van der Waals surface area (Å²) >= 11 is 0. The molecule has 0 saturated carbocycles. The first-order valence-electron chi connectivity index (χ1n) is 8.06. The molecular weight excluding hydrogens is 318 g/mol. The van der Waals surface area contributed by atoms with Crippen molar-refractivity contribution in [2.75, 3.05) is 20.8 Å². The second kappa shape index (κ2) is 7.25. The van der Waals surface area contributed by atoms with Crippen LogP contribution in [0.5, 0.6) is 11.5 Å². The van der Waals surface area contributed by atoms with Crippen LogP contribution in [0.25, 0.3) is 5.65 Å². The molecule has 3 aromatic rings. The topological polar surface area (TPSA) is 64.9 Å². The van der Waals surface area contributed by atoms with Crippen molar-refractivity contribution in [1.29, 1.82) is 0 Å². The van der Waals surface area contributed by atoms with Crippen molar-refractivity contribution in [3.63, 3.8) is 0 Å². The molecule has 0 bridgehead atoms. The molecule has 2 heterocycles. The fourth-order valence-corrected chi connectivity index (χ4v) is 2.70. The highest BCUT2D eigenvalue weighted by Gasteiger charge is 2.11. The van der Waals surface area contributed by atoms with Crippen molar-refractivity contribution in [2.45, 2.75) is 13.3 Å². The van der Waals surface area contributed by atoms with Gasteiger partial charge in [-0.15, -0.1) is 0 Å². The van der Waals surface area contributed by atoms with Gasteiger partial charge in [-0.3, -0.25) is 4.79 Å². The average molecular weight is 339 g/mol. The van der Waals surface area contributed by atoms with E-state index in [1.807, 2.05) is 47.7 Å². The van der Waals surface area contributed by atoms with Crippen LogP contribution in [0.15, 0.2) is 42.6 Å². The van der Waals surface area contributed by atoms with E-state index >= 15 is 0 Å². The van der Waals surface area contributed by atoms with Crippen molar-refractivity contribution < 1.29 is 14.3 Å². The number of hydrogen-bond acceptors (Lipinski definition) is 4. The Hall–Kier alpha value is -3.02. The maximum absolute atomic E-state index is 12.3. The third kappa shape index (κ3) is 3.57. The number of benzene rings is 1. The molecule has 6 nitrogen and oxygen atoms in total. The Morgan fingerprint density at radius 2 is 1.96 bits per heavy atom. The highest BCUT2D eigenvalue weighted by Crippen LogP contribution is 2.27. The Balaban J connectivity index is 1.63. The molecule has 1 amide bonds. The number of nitrogens with zero attached hydrogens (tertiary/aromatic N) is 2. The number of aromatic nitrogens is 2. The molecule has 130 valence electrons.